The number of hydrogen-bond donors (Lipinski definition) is 0. The molecule has 1 rings (SSSR count). The first kappa shape index (κ1) is 12.9. The van der Waals surface area contributed by atoms with E-state index in [2.05, 4.69) is 37.7 Å². The van der Waals surface area contributed by atoms with Gasteiger partial charge >= 0.3 is 0 Å². The zero-order valence-corrected chi connectivity index (χ0v) is 10.7. The maximum atomic E-state index is 5.74. The van der Waals surface area contributed by atoms with Gasteiger partial charge in [0.15, 0.2) is 0 Å². The lowest BCUT2D eigenvalue weighted by Gasteiger charge is -2.34. The van der Waals surface area contributed by atoms with Gasteiger partial charge in [-0.05, 0) is 33.0 Å². The Morgan fingerprint density at radius 3 is 2.73 bits per heavy atom. The molecular formula is C12H26N2O. The summed E-state index contributed by atoms with van der Waals surface area (Å²) < 4.78 is 5.74. The molecule has 1 aliphatic heterocycles. The SMILES string of the molecule is CC(C)CCN1CCOC(CN(C)C)C1. The fourth-order valence-electron chi connectivity index (χ4n) is 1.94. The number of hydrogen-bond acceptors (Lipinski definition) is 3. The van der Waals surface area contributed by atoms with Gasteiger partial charge in [-0.15, -0.1) is 0 Å². The third kappa shape index (κ3) is 5.50. The largest absolute Gasteiger partial charge is 0.374 e. The molecule has 1 fully saturated rings. The maximum absolute atomic E-state index is 5.74. The summed E-state index contributed by atoms with van der Waals surface area (Å²) in [6, 6.07) is 0. The normalized spacial score (nSPS) is 24.0. The maximum Gasteiger partial charge on any atom is 0.0829 e. The number of likely N-dealkylation sites (N-methyl/N-ethyl adjacent to an activating group) is 1. The molecule has 0 aromatic carbocycles. The third-order valence-corrected chi connectivity index (χ3v) is 2.81. The number of morpholine rings is 1. The van der Waals surface area contributed by atoms with E-state index in [9.17, 15) is 0 Å². The first-order valence-corrected chi connectivity index (χ1v) is 6.06. The monoisotopic (exact) mass is 214 g/mol. The molecule has 90 valence electrons. The van der Waals surface area contributed by atoms with Gasteiger partial charge < -0.3 is 9.64 Å². The molecule has 0 aliphatic carbocycles. The average molecular weight is 214 g/mol. The van der Waals surface area contributed by atoms with Crippen molar-refractivity contribution in [2.45, 2.75) is 26.4 Å². The molecule has 0 spiro atoms. The van der Waals surface area contributed by atoms with Crippen molar-refractivity contribution in [2.75, 3.05) is 46.9 Å². The molecule has 1 aliphatic rings. The zero-order valence-electron chi connectivity index (χ0n) is 10.7. The van der Waals surface area contributed by atoms with Crippen molar-refractivity contribution in [2.24, 2.45) is 5.92 Å². The Balaban J connectivity index is 2.23. The highest BCUT2D eigenvalue weighted by atomic mass is 16.5. The summed E-state index contributed by atoms with van der Waals surface area (Å²) in [6.45, 7) is 9.96. The minimum atomic E-state index is 0.404. The van der Waals surface area contributed by atoms with Gasteiger partial charge in [0.1, 0.15) is 0 Å². The van der Waals surface area contributed by atoms with Crippen LogP contribution < -0.4 is 0 Å². The molecule has 15 heavy (non-hydrogen) atoms. The van der Waals surface area contributed by atoms with Crippen molar-refractivity contribution in [3.05, 3.63) is 0 Å². The van der Waals surface area contributed by atoms with E-state index in [1.165, 1.54) is 13.0 Å². The number of nitrogens with zero attached hydrogens (tertiary/aromatic N) is 2. The van der Waals surface area contributed by atoms with E-state index in [0.29, 0.717) is 6.10 Å². The highest BCUT2D eigenvalue weighted by molar-refractivity contribution is 4.73. The Kier molecular flexibility index (Phi) is 5.58. The lowest BCUT2D eigenvalue weighted by Crippen LogP contribution is -2.46. The van der Waals surface area contributed by atoms with E-state index in [1.54, 1.807) is 0 Å². The van der Waals surface area contributed by atoms with Gasteiger partial charge in [0.2, 0.25) is 0 Å². The topological polar surface area (TPSA) is 15.7 Å². The van der Waals surface area contributed by atoms with E-state index in [1.807, 2.05) is 0 Å². The predicted octanol–water partition coefficient (Wildman–Crippen LogP) is 1.29. The Morgan fingerprint density at radius 2 is 2.13 bits per heavy atom. The summed E-state index contributed by atoms with van der Waals surface area (Å²) in [6.07, 6.45) is 1.70. The summed E-state index contributed by atoms with van der Waals surface area (Å²) in [5.74, 6) is 0.806. The Morgan fingerprint density at radius 1 is 1.40 bits per heavy atom. The molecule has 1 saturated heterocycles. The van der Waals surface area contributed by atoms with Crippen LogP contribution in [0.3, 0.4) is 0 Å². The molecule has 0 aromatic heterocycles. The van der Waals surface area contributed by atoms with Crippen LogP contribution in [0.2, 0.25) is 0 Å². The smallest absolute Gasteiger partial charge is 0.0829 e. The molecule has 0 saturated carbocycles. The Hall–Kier alpha value is -0.120. The second-order valence-corrected chi connectivity index (χ2v) is 5.24. The molecule has 0 N–H and O–H groups in total. The van der Waals surface area contributed by atoms with Crippen LogP contribution in [-0.2, 0) is 4.74 Å². The van der Waals surface area contributed by atoms with Gasteiger partial charge in [-0.2, -0.15) is 0 Å². The molecule has 3 heteroatoms. The zero-order chi connectivity index (χ0) is 11.3. The van der Waals surface area contributed by atoms with Crippen molar-refractivity contribution in [1.82, 2.24) is 9.80 Å². The van der Waals surface area contributed by atoms with Gasteiger partial charge in [0.25, 0.3) is 0 Å². The van der Waals surface area contributed by atoms with Crippen LogP contribution >= 0.6 is 0 Å². The van der Waals surface area contributed by atoms with Gasteiger partial charge in [0, 0.05) is 19.6 Å². The van der Waals surface area contributed by atoms with Crippen LogP contribution in [0.1, 0.15) is 20.3 Å². The van der Waals surface area contributed by atoms with Crippen molar-refractivity contribution < 1.29 is 4.74 Å². The summed E-state index contributed by atoms with van der Waals surface area (Å²) in [5, 5.41) is 0. The van der Waals surface area contributed by atoms with Crippen LogP contribution in [0.5, 0.6) is 0 Å². The van der Waals surface area contributed by atoms with E-state index in [-0.39, 0.29) is 0 Å². The molecule has 1 atom stereocenters. The van der Waals surface area contributed by atoms with Crippen LogP contribution in [-0.4, -0.2) is 62.8 Å². The Labute approximate surface area is 94.4 Å². The second-order valence-electron chi connectivity index (χ2n) is 5.24. The first-order chi connectivity index (χ1) is 7.08. The molecule has 0 radical (unpaired) electrons. The van der Waals surface area contributed by atoms with E-state index in [0.717, 1.165) is 32.2 Å². The van der Waals surface area contributed by atoms with Crippen LogP contribution in [0, 0.1) is 5.92 Å². The van der Waals surface area contributed by atoms with Gasteiger partial charge in [-0.3, -0.25) is 4.90 Å². The second kappa shape index (κ2) is 6.46. The van der Waals surface area contributed by atoms with E-state index >= 15 is 0 Å². The van der Waals surface area contributed by atoms with Crippen LogP contribution in [0.4, 0.5) is 0 Å². The molecule has 0 bridgehead atoms. The molecule has 1 heterocycles. The minimum Gasteiger partial charge on any atom is -0.374 e. The summed E-state index contributed by atoms with van der Waals surface area (Å²) in [5.41, 5.74) is 0. The highest BCUT2D eigenvalue weighted by Gasteiger charge is 2.20. The van der Waals surface area contributed by atoms with Crippen molar-refractivity contribution in [1.29, 1.82) is 0 Å². The number of ether oxygens (including phenoxy) is 1. The first-order valence-electron chi connectivity index (χ1n) is 6.06. The minimum absolute atomic E-state index is 0.404. The van der Waals surface area contributed by atoms with E-state index < -0.39 is 0 Å². The van der Waals surface area contributed by atoms with Crippen LogP contribution in [0.15, 0.2) is 0 Å². The quantitative estimate of drug-likeness (QED) is 0.686. The lowest BCUT2D eigenvalue weighted by atomic mass is 10.1. The fourth-order valence-corrected chi connectivity index (χ4v) is 1.94. The predicted molar refractivity (Wildman–Crippen MR) is 64.2 cm³/mol. The van der Waals surface area contributed by atoms with Gasteiger partial charge in [-0.1, -0.05) is 13.8 Å². The standard InChI is InChI=1S/C12H26N2O/c1-11(2)5-6-14-7-8-15-12(10-14)9-13(3)4/h11-12H,5-10H2,1-4H3. The summed E-state index contributed by atoms with van der Waals surface area (Å²) in [4.78, 5) is 4.74. The average Bonchev–Trinajstić information content (AvgIpc) is 2.14. The molecular weight excluding hydrogens is 188 g/mol. The lowest BCUT2D eigenvalue weighted by molar-refractivity contribution is -0.0389. The third-order valence-electron chi connectivity index (χ3n) is 2.81. The molecule has 1 unspecified atom stereocenters. The fraction of sp³-hybridized carbons (Fsp3) is 1.00. The molecule has 0 aromatic rings. The van der Waals surface area contributed by atoms with Gasteiger partial charge in [-0.25, -0.2) is 0 Å². The molecule has 3 nitrogen and oxygen atoms in total. The summed E-state index contributed by atoms with van der Waals surface area (Å²) >= 11 is 0. The van der Waals surface area contributed by atoms with Crippen molar-refractivity contribution in [3.63, 3.8) is 0 Å². The van der Waals surface area contributed by atoms with Gasteiger partial charge in [0.05, 0.1) is 12.7 Å². The van der Waals surface area contributed by atoms with Crippen molar-refractivity contribution >= 4 is 0 Å². The Bertz CT molecular complexity index is 171. The number of rotatable bonds is 5. The summed E-state index contributed by atoms with van der Waals surface area (Å²) in [7, 11) is 4.22. The van der Waals surface area contributed by atoms with E-state index in [4.69, 9.17) is 4.74 Å². The van der Waals surface area contributed by atoms with Crippen molar-refractivity contribution in [3.8, 4) is 0 Å². The van der Waals surface area contributed by atoms with Crippen LogP contribution in [0.25, 0.3) is 0 Å². The highest BCUT2D eigenvalue weighted by Crippen LogP contribution is 2.09. The molecule has 0 amide bonds.